The van der Waals surface area contributed by atoms with Crippen LogP contribution in [0.4, 0.5) is 5.69 Å². The molecule has 0 amide bonds. The first-order chi connectivity index (χ1) is 10.8. The van der Waals surface area contributed by atoms with Crippen LogP contribution in [-0.4, -0.2) is 23.2 Å². The summed E-state index contributed by atoms with van der Waals surface area (Å²) in [5.41, 5.74) is 5.87. The van der Waals surface area contributed by atoms with E-state index in [0.29, 0.717) is 0 Å². The van der Waals surface area contributed by atoms with E-state index in [9.17, 15) is 0 Å². The van der Waals surface area contributed by atoms with Gasteiger partial charge in [0.05, 0.1) is 23.8 Å². The van der Waals surface area contributed by atoms with Gasteiger partial charge in [-0.2, -0.15) is 5.10 Å². The van der Waals surface area contributed by atoms with Crippen molar-refractivity contribution in [2.45, 2.75) is 6.54 Å². The summed E-state index contributed by atoms with van der Waals surface area (Å²) in [5.74, 6) is 0.745. The van der Waals surface area contributed by atoms with Crippen molar-refractivity contribution in [2.75, 3.05) is 12.5 Å². The number of anilines is 1. The van der Waals surface area contributed by atoms with Gasteiger partial charge in [-0.1, -0.05) is 0 Å². The molecule has 0 radical (unpaired) electrons. The molecule has 7 heteroatoms. The summed E-state index contributed by atoms with van der Waals surface area (Å²) in [7, 11) is 1.90. The van der Waals surface area contributed by atoms with Crippen molar-refractivity contribution in [3.63, 3.8) is 0 Å². The molecule has 0 spiro atoms. The van der Waals surface area contributed by atoms with Crippen LogP contribution in [0, 0.1) is 0 Å². The van der Waals surface area contributed by atoms with Gasteiger partial charge in [-0.3, -0.25) is 5.43 Å². The highest BCUT2D eigenvalue weighted by atomic mass is 32.1. The molecular formula is C15H15N5OS. The monoisotopic (exact) mass is 313 g/mol. The van der Waals surface area contributed by atoms with Crippen LogP contribution in [-0.2, 0) is 6.54 Å². The Morgan fingerprint density at radius 1 is 1.32 bits per heavy atom. The zero-order valence-electron chi connectivity index (χ0n) is 12.0. The first-order valence-electron chi connectivity index (χ1n) is 6.72. The summed E-state index contributed by atoms with van der Waals surface area (Å²) in [6.07, 6.45) is 4.82. The Morgan fingerprint density at radius 2 is 2.18 bits per heavy atom. The summed E-state index contributed by atoms with van der Waals surface area (Å²) >= 11 is 1.57. The lowest BCUT2D eigenvalue weighted by Crippen LogP contribution is -2.05. The number of thiazole rings is 1. The van der Waals surface area contributed by atoms with E-state index < -0.39 is 0 Å². The molecule has 2 aromatic heterocycles. The predicted octanol–water partition coefficient (Wildman–Crippen LogP) is 2.96. The van der Waals surface area contributed by atoms with Crippen molar-refractivity contribution in [3.8, 4) is 11.3 Å². The highest BCUT2D eigenvalue weighted by Gasteiger charge is 2.01. The largest absolute Gasteiger partial charge is 0.444 e. The van der Waals surface area contributed by atoms with Crippen molar-refractivity contribution in [1.82, 2.24) is 15.3 Å². The quantitative estimate of drug-likeness (QED) is 0.540. The predicted molar refractivity (Wildman–Crippen MR) is 88.0 cm³/mol. The van der Waals surface area contributed by atoms with Crippen LogP contribution >= 0.6 is 11.3 Å². The van der Waals surface area contributed by atoms with Crippen molar-refractivity contribution in [1.29, 1.82) is 0 Å². The number of hydrazone groups is 1. The SMILES string of the molecule is CNCc1csc(/C=N/Nc2ccc(-c3cnco3)cc2)n1. The number of rotatable bonds is 6. The number of nitrogens with zero attached hydrogens (tertiary/aromatic N) is 3. The molecule has 6 nitrogen and oxygen atoms in total. The Balaban J connectivity index is 1.60. The Kier molecular flexibility index (Phi) is 4.57. The smallest absolute Gasteiger partial charge is 0.181 e. The molecule has 1 aromatic carbocycles. The normalized spacial score (nSPS) is 11.1. The van der Waals surface area contributed by atoms with E-state index in [1.807, 2.05) is 36.7 Å². The summed E-state index contributed by atoms with van der Waals surface area (Å²) in [5, 5.41) is 10.2. The number of benzene rings is 1. The molecule has 0 saturated carbocycles. The maximum atomic E-state index is 5.25. The zero-order chi connectivity index (χ0) is 15.2. The lowest BCUT2D eigenvalue weighted by Gasteiger charge is -2.00. The van der Waals surface area contributed by atoms with Gasteiger partial charge in [0.2, 0.25) is 0 Å². The third kappa shape index (κ3) is 3.57. The van der Waals surface area contributed by atoms with E-state index in [4.69, 9.17) is 4.42 Å². The maximum absolute atomic E-state index is 5.25. The Bertz CT molecular complexity index is 734. The van der Waals surface area contributed by atoms with Crippen LogP contribution in [0.5, 0.6) is 0 Å². The minimum atomic E-state index is 0.745. The van der Waals surface area contributed by atoms with Crippen LogP contribution in [0.3, 0.4) is 0 Å². The van der Waals surface area contributed by atoms with E-state index in [-0.39, 0.29) is 0 Å². The van der Waals surface area contributed by atoms with Gasteiger partial charge < -0.3 is 9.73 Å². The van der Waals surface area contributed by atoms with Gasteiger partial charge in [0.15, 0.2) is 12.2 Å². The zero-order valence-corrected chi connectivity index (χ0v) is 12.8. The number of aromatic nitrogens is 2. The van der Waals surface area contributed by atoms with Gasteiger partial charge in [0.25, 0.3) is 0 Å². The highest BCUT2D eigenvalue weighted by Crippen LogP contribution is 2.20. The fourth-order valence-electron chi connectivity index (χ4n) is 1.87. The van der Waals surface area contributed by atoms with E-state index in [1.54, 1.807) is 23.7 Å². The minimum absolute atomic E-state index is 0.745. The van der Waals surface area contributed by atoms with Crippen LogP contribution in [0.2, 0.25) is 0 Å². The first-order valence-corrected chi connectivity index (χ1v) is 7.60. The first kappa shape index (κ1) is 14.4. The second kappa shape index (κ2) is 6.97. The number of oxazole rings is 1. The number of nitrogens with one attached hydrogen (secondary N) is 2. The molecule has 22 heavy (non-hydrogen) atoms. The number of hydrogen-bond donors (Lipinski definition) is 2. The Hall–Kier alpha value is -2.51. The third-order valence-electron chi connectivity index (χ3n) is 2.90. The lowest BCUT2D eigenvalue weighted by atomic mass is 10.2. The fraction of sp³-hybridized carbons (Fsp3) is 0.133. The average molecular weight is 313 g/mol. The van der Waals surface area contributed by atoms with E-state index in [2.05, 4.69) is 25.8 Å². The van der Waals surface area contributed by atoms with E-state index in [0.717, 1.165) is 34.3 Å². The van der Waals surface area contributed by atoms with Crippen LogP contribution in [0.25, 0.3) is 11.3 Å². The minimum Gasteiger partial charge on any atom is -0.444 e. The fourth-order valence-corrected chi connectivity index (χ4v) is 2.55. The van der Waals surface area contributed by atoms with Crippen molar-refractivity contribution in [3.05, 3.63) is 52.9 Å². The van der Waals surface area contributed by atoms with Gasteiger partial charge in [-0.25, -0.2) is 9.97 Å². The highest BCUT2D eigenvalue weighted by molar-refractivity contribution is 7.11. The second-order valence-electron chi connectivity index (χ2n) is 4.52. The summed E-state index contributed by atoms with van der Waals surface area (Å²) in [4.78, 5) is 8.33. The molecule has 0 unspecified atom stereocenters. The molecule has 0 aliphatic carbocycles. The molecule has 3 aromatic rings. The molecule has 3 rings (SSSR count). The number of hydrogen-bond acceptors (Lipinski definition) is 7. The van der Waals surface area contributed by atoms with Gasteiger partial charge in [0, 0.05) is 17.5 Å². The topological polar surface area (TPSA) is 75.3 Å². The van der Waals surface area contributed by atoms with Gasteiger partial charge in [0.1, 0.15) is 5.01 Å². The van der Waals surface area contributed by atoms with Gasteiger partial charge in [-0.05, 0) is 31.3 Å². The molecule has 112 valence electrons. The molecule has 0 bridgehead atoms. The summed E-state index contributed by atoms with van der Waals surface area (Å²) in [6, 6.07) is 7.77. The Labute approximate surface area is 131 Å². The molecule has 0 atom stereocenters. The van der Waals surface area contributed by atoms with Gasteiger partial charge in [-0.15, -0.1) is 11.3 Å². The van der Waals surface area contributed by atoms with Crippen molar-refractivity contribution < 1.29 is 4.42 Å². The summed E-state index contributed by atoms with van der Waals surface area (Å²) < 4.78 is 5.25. The summed E-state index contributed by atoms with van der Waals surface area (Å²) in [6.45, 7) is 0.765. The van der Waals surface area contributed by atoms with E-state index >= 15 is 0 Å². The molecule has 2 N–H and O–H groups in total. The molecule has 0 aliphatic rings. The maximum Gasteiger partial charge on any atom is 0.181 e. The van der Waals surface area contributed by atoms with Crippen molar-refractivity contribution >= 4 is 23.2 Å². The Morgan fingerprint density at radius 3 is 2.91 bits per heavy atom. The molecule has 0 saturated heterocycles. The third-order valence-corrected chi connectivity index (χ3v) is 3.73. The molecule has 0 aliphatic heterocycles. The molecule has 0 fully saturated rings. The van der Waals surface area contributed by atoms with E-state index in [1.165, 1.54) is 6.39 Å². The standard InChI is InChI=1S/C15H15N5OS/c1-16-6-13-9-22-15(19-13)8-18-20-12-4-2-11(3-5-12)14-7-17-10-21-14/h2-5,7-10,16,20H,6H2,1H3/b18-8+. The molecular weight excluding hydrogens is 298 g/mol. The second-order valence-corrected chi connectivity index (χ2v) is 5.41. The van der Waals surface area contributed by atoms with Crippen molar-refractivity contribution in [2.24, 2.45) is 5.10 Å². The van der Waals surface area contributed by atoms with Crippen LogP contribution in [0.15, 0.2) is 51.8 Å². The lowest BCUT2D eigenvalue weighted by molar-refractivity contribution is 0.572. The van der Waals surface area contributed by atoms with Crippen LogP contribution in [0.1, 0.15) is 10.7 Å². The molecule has 2 heterocycles. The average Bonchev–Trinajstić information content (AvgIpc) is 3.20. The van der Waals surface area contributed by atoms with Gasteiger partial charge >= 0.3 is 0 Å². The van der Waals surface area contributed by atoms with Crippen LogP contribution < -0.4 is 10.7 Å².